The number of halogens is 2. The summed E-state index contributed by atoms with van der Waals surface area (Å²) in [6.45, 7) is 1.84. The second-order valence-electron chi connectivity index (χ2n) is 11.6. The molecule has 2 aromatic carbocycles. The van der Waals surface area contributed by atoms with Crippen molar-refractivity contribution in [1.82, 2.24) is 9.88 Å². The summed E-state index contributed by atoms with van der Waals surface area (Å²) in [4.78, 5) is 18.8. The van der Waals surface area contributed by atoms with E-state index in [0.29, 0.717) is 33.7 Å². The molecule has 0 spiro atoms. The highest BCUT2D eigenvalue weighted by atomic mass is 35.5. The van der Waals surface area contributed by atoms with E-state index >= 15 is 4.39 Å². The van der Waals surface area contributed by atoms with Gasteiger partial charge in [-0.2, -0.15) is 5.26 Å². The second kappa shape index (κ2) is 11.2. The van der Waals surface area contributed by atoms with Gasteiger partial charge in [-0.25, -0.2) is 4.39 Å². The lowest BCUT2D eigenvalue weighted by Crippen LogP contribution is -2.49. The zero-order valence-corrected chi connectivity index (χ0v) is 23.9. The molecule has 2 atom stereocenters. The van der Waals surface area contributed by atoms with Crippen molar-refractivity contribution in [1.29, 1.82) is 5.26 Å². The normalized spacial score (nSPS) is 18.8. The van der Waals surface area contributed by atoms with Crippen molar-refractivity contribution in [3.8, 4) is 6.07 Å². The van der Waals surface area contributed by atoms with Gasteiger partial charge in [0.1, 0.15) is 11.9 Å². The predicted octanol–water partition coefficient (Wildman–Crippen LogP) is 5.30. The van der Waals surface area contributed by atoms with Gasteiger partial charge in [-0.3, -0.25) is 14.7 Å². The number of pyridine rings is 1. The maximum Gasteiger partial charge on any atom is 0.177 e. The Morgan fingerprint density at radius 3 is 2.46 bits per heavy atom. The molecule has 214 valence electrons. The molecule has 0 saturated heterocycles. The second-order valence-corrected chi connectivity index (χ2v) is 12.0. The van der Waals surface area contributed by atoms with Crippen LogP contribution in [-0.2, 0) is 22.6 Å². The van der Waals surface area contributed by atoms with Crippen molar-refractivity contribution in [3.05, 3.63) is 99.1 Å². The lowest BCUT2D eigenvalue weighted by Gasteiger charge is -2.44. The molecule has 2 saturated carbocycles. The third-order valence-electron chi connectivity index (χ3n) is 8.55. The SMILES string of the molecule is CN(Cc1ccc(C#N)cn1)C(OCC1(CO)CC1)(c1ccc(Cl)cc1)c1c(F)cc(C(C)(O)C2CC2)cc1C=O. The number of aromatic nitrogens is 1. The van der Waals surface area contributed by atoms with E-state index in [0.717, 1.165) is 25.7 Å². The number of carbonyl (C=O) groups excluding carboxylic acids is 1. The van der Waals surface area contributed by atoms with Crippen LogP contribution in [0.2, 0.25) is 5.02 Å². The number of hydrogen-bond acceptors (Lipinski definition) is 7. The minimum Gasteiger partial charge on any atom is -0.396 e. The number of rotatable bonds is 12. The Morgan fingerprint density at radius 1 is 1.22 bits per heavy atom. The minimum absolute atomic E-state index is 0.00458. The summed E-state index contributed by atoms with van der Waals surface area (Å²) in [6, 6.07) is 15.1. The van der Waals surface area contributed by atoms with Crippen LogP contribution in [0.4, 0.5) is 4.39 Å². The molecule has 1 aromatic heterocycles. The number of ether oxygens (including phenoxy) is 1. The fraction of sp³-hybridized carbons (Fsp3) is 0.406. The molecule has 2 aliphatic carbocycles. The molecule has 1 heterocycles. The summed E-state index contributed by atoms with van der Waals surface area (Å²) in [5, 5.41) is 31.0. The molecule has 0 radical (unpaired) electrons. The van der Waals surface area contributed by atoms with Crippen LogP contribution in [-0.4, -0.2) is 46.6 Å². The molecule has 0 aliphatic heterocycles. The van der Waals surface area contributed by atoms with Gasteiger partial charge < -0.3 is 14.9 Å². The van der Waals surface area contributed by atoms with Gasteiger partial charge in [0.15, 0.2) is 12.0 Å². The van der Waals surface area contributed by atoms with E-state index < -0.39 is 22.6 Å². The van der Waals surface area contributed by atoms with Crippen molar-refractivity contribution < 1.29 is 24.1 Å². The lowest BCUT2D eigenvalue weighted by molar-refractivity contribution is -0.147. The fourth-order valence-corrected chi connectivity index (χ4v) is 5.60. The van der Waals surface area contributed by atoms with Gasteiger partial charge in [0.25, 0.3) is 0 Å². The van der Waals surface area contributed by atoms with Crippen LogP contribution in [0.5, 0.6) is 0 Å². The smallest absolute Gasteiger partial charge is 0.177 e. The summed E-state index contributed by atoms with van der Waals surface area (Å²) in [6.07, 6.45) is 5.22. The highest BCUT2D eigenvalue weighted by Gasteiger charge is 2.50. The van der Waals surface area contributed by atoms with Crippen LogP contribution in [0.25, 0.3) is 0 Å². The Kier molecular flexibility index (Phi) is 8.03. The molecule has 0 amide bonds. The van der Waals surface area contributed by atoms with Gasteiger partial charge in [-0.1, -0.05) is 23.7 Å². The van der Waals surface area contributed by atoms with Crippen molar-refractivity contribution in [3.63, 3.8) is 0 Å². The fourth-order valence-electron chi connectivity index (χ4n) is 5.47. The van der Waals surface area contributed by atoms with Gasteiger partial charge in [-0.15, -0.1) is 0 Å². The first-order valence-electron chi connectivity index (χ1n) is 13.7. The van der Waals surface area contributed by atoms with Crippen LogP contribution in [0.1, 0.15) is 70.9 Å². The highest BCUT2D eigenvalue weighted by molar-refractivity contribution is 6.30. The molecule has 41 heavy (non-hydrogen) atoms. The largest absolute Gasteiger partial charge is 0.396 e. The molecule has 7 nitrogen and oxygen atoms in total. The van der Waals surface area contributed by atoms with E-state index in [4.69, 9.17) is 16.3 Å². The molecule has 2 aliphatic rings. The van der Waals surface area contributed by atoms with Crippen molar-refractivity contribution in [2.45, 2.75) is 50.5 Å². The summed E-state index contributed by atoms with van der Waals surface area (Å²) in [5.41, 5.74) is -1.49. The summed E-state index contributed by atoms with van der Waals surface area (Å²) < 4.78 is 23.3. The van der Waals surface area contributed by atoms with Gasteiger partial charge >= 0.3 is 0 Å². The zero-order chi connectivity index (χ0) is 29.4. The molecule has 2 fully saturated rings. The average molecular weight is 578 g/mol. The van der Waals surface area contributed by atoms with E-state index in [1.807, 2.05) is 0 Å². The van der Waals surface area contributed by atoms with E-state index in [9.17, 15) is 20.3 Å². The topological polar surface area (TPSA) is 107 Å². The Balaban J connectivity index is 1.71. The predicted molar refractivity (Wildman–Crippen MR) is 151 cm³/mol. The van der Waals surface area contributed by atoms with Crippen LogP contribution in [0.3, 0.4) is 0 Å². The van der Waals surface area contributed by atoms with Crippen molar-refractivity contribution >= 4 is 17.9 Å². The van der Waals surface area contributed by atoms with Crippen LogP contribution >= 0.6 is 11.6 Å². The van der Waals surface area contributed by atoms with Crippen LogP contribution < -0.4 is 0 Å². The molecule has 2 N–H and O–H groups in total. The quantitative estimate of drug-likeness (QED) is 0.222. The summed E-state index contributed by atoms with van der Waals surface area (Å²) in [5.74, 6) is -0.706. The summed E-state index contributed by atoms with van der Waals surface area (Å²) >= 11 is 6.24. The Bertz CT molecular complexity index is 1460. The first kappa shape index (κ1) is 29.3. The standard InChI is InChI=1S/C32H33ClFN3O4/c1-30(40,23-4-5-23)25-13-22(18-38)29(28(34)14-25)32(24-6-8-26(33)9-7-24,41-20-31(19-39)11-12-31)37(2)17-27-10-3-21(15-35)16-36-27/h3,6-10,13-14,16,18,23,39-40H,4-5,11-12,17,19-20H2,1-2H3. The van der Waals surface area contributed by atoms with Crippen LogP contribution in [0.15, 0.2) is 54.7 Å². The van der Waals surface area contributed by atoms with E-state index in [1.54, 1.807) is 61.3 Å². The Labute approximate surface area is 244 Å². The number of carbonyl (C=O) groups is 1. The number of benzene rings is 2. The Morgan fingerprint density at radius 2 is 1.93 bits per heavy atom. The maximum atomic E-state index is 16.6. The van der Waals surface area contributed by atoms with Gasteiger partial charge in [0.05, 0.1) is 30.1 Å². The first-order chi connectivity index (χ1) is 19.6. The molecule has 5 rings (SSSR count). The number of aliphatic hydroxyl groups excluding tert-OH is 1. The van der Waals surface area contributed by atoms with E-state index in [2.05, 4.69) is 11.1 Å². The van der Waals surface area contributed by atoms with Crippen LogP contribution in [0, 0.1) is 28.5 Å². The minimum atomic E-state index is -1.64. The molecule has 2 unspecified atom stereocenters. The molecular weight excluding hydrogens is 545 g/mol. The number of aliphatic hydroxyl groups is 2. The molecule has 9 heteroatoms. The summed E-state index contributed by atoms with van der Waals surface area (Å²) in [7, 11) is 1.75. The molecule has 3 aromatic rings. The van der Waals surface area contributed by atoms with Gasteiger partial charge in [-0.05, 0) is 87.5 Å². The number of nitriles is 1. The lowest BCUT2D eigenvalue weighted by atomic mass is 9.83. The third kappa shape index (κ3) is 5.66. The van der Waals surface area contributed by atoms with Gasteiger partial charge in [0, 0.05) is 39.9 Å². The Hall–Kier alpha value is -3.19. The highest BCUT2D eigenvalue weighted by Crippen LogP contribution is 2.50. The maximum absolute atomic E-state index is 16.6. The van der Waals surface area contributed by atoms with Gasteiger partial charge in [0.2, 0.25) is 0 Å². The number of hydrogen-bond donors (Lipinski definition) is 2. The number of aldehydes is 1. The average Bonchev–Trinajstić information content (AvgIpc) is 3.90. The van der Waals surface area contributed by atoms with E-state index in [1.165, 1.54) is 12.3 Å². The zero-order valence-electron chi connectivity index (χ0n) is 23.1. The first-order valence-corrected chi connectivity index (χ1v) is 14.1. The van der Waals surface area contributed by atoms with Crippen molar-refractivity contribution in [2.24, 2.45) is 11.3 Å². The number of nitrogens with zero attached hydrogens (tertiary/aromatic N) is 3. The van der Waals surface area contributed by atoms with Crippen molar-refractivity contribution in [2.75, 3.05) is 20.3 Å². The third-order valence-corrected chi connectivity index (χ3v) is 8.80. The molecular formula is C32H33ClFN3O4. The monoisotopic (exact) mass is 577 g/mol. The van der Waals surface area contributed by atoms with E-state index in [-0.39, 0.29) is 36.8 Å². The molecule has 0 bridgehead atoms.